The van der Waals surface area contributed by atoms with Crippen LogP contribution in [0.1, 0.15) is 0 Å². The average Bonchev–Trinajstić information content (AvgIpc) is 2.76. The van der Waals surface area contributed by atoms with Crippen molar-refractivity contribution in [3.8, 4) is 22.6 Å². The molecule has 0 aliphatic heterocycles. The Bertz CT molecular complexity index is 962. The first-order chi connectivity index (χ1) is 14.1. The summed E-state index contributed by atoms with van der Waals surface area (Å²) in [6.07, 6.45) is 0. The van der Waals surface area contributed by atoms with Gasteiger partial charge in [0.25, 0.3) is 11.8 Å². The lowest BCUT2D eigenvalue weighted by atomic mass is 10.1. The number of amides is 2. The van der Waals surface area contributed by atoms with Gasteiger partial charge >= 0.3 is 0 Å². The first-order valence-corrected chi connectivity index (χ1v) is 8.85. The molecule has 0 bridgehead atoms. The lowest BCUT2D eigenvalue weighted by molar-refractivity contribution is -0.131. The number of nitrogens with one attached hydrogen (secondary N) is 2. The highest BCUT2D eigenvalue weighted by atomic mass is 19.1. The normalized spacial score (nSPS) is 10.1. The Morgan fingerprint density at radius 1 is 0.724 bits per heavy atom. The topological polar surface area (TPSA) is 76.7 Å². The van der Waals surface area contributed by atoms with Gasteiger partial charge in [-0.2, -0.15) is 0 Å². The Kier molecular flexibility index (Phi) is 6.78. The number of rotatable bonds is 7. The molecule has 0 unspecified atom stereocenters. The summed E-state index contributed by atoms with van der Waals surface area (Å²) in [5.74, 6) is -0.591. The highest BCUT2D eigenvalue weighted by molar-refractivity contribution is 5.83. The minimum Gasteiger partial charge on any atom is -0.484 e. The van der Waals surface area contributed by atoms with Crippen LogP contribution in [0.5, 0.6) is 11.5 Å². The fourth-order valence-corrected chi connectivity index (χ4v) is 2.48. The first-order valence-electron chi connectivity index (χ1n) is 8.85. The highest BCUT2D eigenvalue weighted by Crippen LogP contribution is 2.29. The molecule has 0 aliphatic carbocycles. The van der Waals surface area contributed by atoms with Gasteiger partial charge in [-0.05, 0) is 35.9 Å². The van der Waals surface area contributed by atoms with E-state index in [2.05, 4.69) is 10.9 Å². The predicted octanol–water partition coefficient (Wildman–Crippen LogP) is 3.10. The van der Waals surface area contributed by atoms with Crippen molar-refractivity contribution in [3.63, 3.8) is 0 Å². The van der Waals surface area contributed by atoms with Crippen LogP contribution < -0.4 is 20.3 Å². The highest BCUT2D eigenvalue weighted by Gasteiger charge is 2.09. The van der Waals surface area contributed by atoms with Crippen LogP contribution in [0, 0.1) is 5.82 Å². The molecule has 0 saturated carbocycles. The number of hydrogen-bond acceptors (Lipinski definition) is 4. The Morgan fingerprint density at radius 2 is 1.31 bits per heavy atom. The van der Waals surface area contributed by atoms with Crippen molar-refractivity contribution in [1.29, 1.82) is 0 Å². The van der Waals surface area contributed by atoms with Gasteiger partial charge in [-0.1, -0.05) is 48.5 Å². The summed E-state index contributed by atoms with van der Waals surface area (Å²) < 4.78 is 23.6. The third-order valence-electron chi connectivity index (χ3n) is 3.86. The van der Waals surface area contributed by atoms with Gasteiger partial charge in [0, 0.05) is 5.56 Å². The molecule has 0 aliphatic rings. The van der Waals surface area contributed by atoms with Crippen LogP contribution in [0.25, 0.3) is 11.1 Å². The summed E-state index contributed by atoms with van der Waals surface area (Å²) in [6.45, 7) is -0.605. The molecule has 3 aromatic carbocycles. The second-order valence-corrected chi connectivity index (χ2v) is 5.99. The van der Waals surface area contributed by atoms with Crippen LogP contribution in [-0.4, -0.2) is 25.0 Å². The van der Waals surface area contributed by atoms with E-state index >= 15 is 0 Å². The number of hydrogen-bond donors (Lipinski definition) is 2. The molecule has 0 radical (unpaired) electrons. The van der Waals surface area contributed by atoms with Gasteiger partial charge in [-0.15, -0.1) is 0 Å². The van der Waals surface area contributed by atoms with Crippen molar-refractivity contribution >= 4 is 11.8 Å². The molecular weight excluding hydrogens is 375 g/mol. The molecule has 7 heteroatoms. The van der Waals surface area contributed by atoms with E-state index in [0.29, 0.717) is 11.5 Å². The van der Waals surface area contributed by atoms with Gasteiger partial charge in [0.15, 0.2) is 13.2 Å². The van der Waals surface area contributed by atoms with Gasteiger partial charge in [0.05, 0.1) is 0 Å². The number of ether oxygens (including phenoxy) is 2. The van der Waals surface area contributed by atoms with Gasteiger partial charge in [-0.25, -0.2) is 4.39 Å². The van der Waals surface area contributed by atoms with Crippen molar-refractivity contribution in [2.24, 2.45) is 0 Å². The zero-order valence-electron chi connectivity index (χ0n) is 15.4. The molecule has 2 amide bonds. The fraction of sp³-hybridized carbons (Fsp3) is 0.0909. The summed E-state index contributed by atoms with van der Waals surface area (Å²) in [5, 5.41) is 0. The maximum absolute atomic E-state index is 12.8. The molecule has 148 valence electrons. The molecule has 0 atom stereocenters. The standard InChI is InChI=1S/C22H19FN2O4/c23-17-10-12-18(13-11-17)28-14-21(26)24-25-22(27)15-29-20-9-5-4-8-19(20)16-6-2-1-3-7-16/h1-13H,14-15H2,(H,24,26)(H,25,27). The molecule has 3 aromatic rings. The molecule has 0 saturated heterocycles. The summed E-state index contributed by atoms with van der Waals surface area (Å²) in [6, 6.07) is 22.3. The maximum atomic E-state index is 12.8. The van der Waals surface area contributed by atoms with E-state index in [9.17, 15) is 14.0 Å². The summed E-state index contributed by atoms with van der Waals surface area (Å²) in [7, 11) is 0. The second kappa shape index (κ2) is 9.89. The maximum Gasteiger partial charge on any atom is 0.276 e. The SMILES string of the molecule is O=C(COc1ccc(F)cc1)NNC(=O)COc1ccccc1-c1ccccc1. The van der Waals surface area contributed by atoms with E-state index in [0.717, 1.165) is 11.1 Å². The average molecular weight is 394 g/mol. The smallest absolute Gasteiger partial charge is 0.276 e. The van der Waals surface area contributed by atoms with E-state index in [1.807, 2.05) is 48.5 Å². The molecule has 3 rings (SSSR count). The van der Waals surface area contributed by atoms with Gasteiger partial charge in [0.2, 0.25) is 0 Å². The van der Waals surface area contributed by atoms with Crippen LogP contribution in [0.15, 0.2) is 78.9 Å². The molecule has 29 heavy (non-hydrogen) atoms. The number of hydrazine groups is 1. The van der Waals surface area contributed by atoms with Gasteiger partial charge in [-0.3, -0.25) is 20.4 Å². The van der Waals surface area contributed by atoms with Crippen molar-refractivity contribution in [2.45, 2.75) is 0 Å². The van der Waals surface area contributed by atoms with Gasteiger partial charge < -0.3 is 9.47 Å². The van der Waals surface area contributed by atoms with Crippen LogP contribution in [0.3, 0.4) is 0 Å². The van der Waals surface area contributed by atoms with Crippen molar-refractivity contribution in [1.82, 2.24) is 10.9 Å². The van der Waals surface area contributed by atoms with Crippen LogP contribution in [0.4, 0.5) is 4.39 Å². The number of benzene rings is 3. The molecule has 2 N–H and O–H groups in total. The fourth-order valence-electron chi connectivity index (χ4n) is 2.48. The lowest BCUT2D eigenvalue weighted by Crippen LogP contribution is -2.45. The minimum absolute atomic E-state index is 0.275. The zero-order valence-corrected chi connectivity index (χ0v) is 15.4. The quantitative estimate of drug-likeness (QED) is 0.604. The molecule has 0 fully saturated rings. The van der Waals surface area contributed by atoms with Crippen molar-refractivity contribution < 1.29 is 23.5 Å². The number of halogens is 1. The summed E-state index contributed by atoms with van der Waals surface area (Å²) in [5.41, 5.74) is 6.31. The zero-order chi connectivity index (χ0) is 20.5. The van der Waals surface area contributed by atoms with E-state index in [1.165, 1.54) is 24.3 Å². The Labute approximate surface area is 167 Å². The predicted molar refractivity (Wildman–Crippen MR) is 106 cm³/mol. The summed E-state index contributed by atoms with van der Waals surface area (Å²) >= 11 is 0. The Morgan fingerprint density at radius 3 is 2.00 bits per heavy atom. The number of para-hydroxylation sites is 1. The molecule has 0 aromatic heterocycles. The van der Waals surface area contributed by atoms with Gasteiger partial charge in [0.1, 0.15) is 17.3 Å². The Hall–Kier alpha value is -3.87. The largest absolute Gasteiger partial charge is 0.484 e. The lowest BCUT2D eigenvalue weighted by Gasteiger charge is -2.12. The Balaban J connectivity index is 1.44. The van der Waals surface area contributed by atoms with Crippen molar-refractivity contribution in [2.75, 3.05) is 13.2 Å². The number of carbonyl (C=O) groups excluding carboxylic acids is 2. The second-order valence-electron chi connectivity index (χ2n) is 5.99. The monoisotopic (exact) mass is 394 g/mol. The molecule has 0 spiro atoms. The van der Waals surface area contributed by atoms with E-state index in [1.54, 1.807) is 6.07 Å². The van der Waals surface area contributed by atoms with Crippen LogP contribution in [-0.2, 0) is 9.59 Å². The number of carbonyl (C=O) groups is 2. The van der Waals surface area contributed by atoms with Crippen LogP contribution in [0.2, 0.25) is 0 Å². The molecule has 0 heterocycles. The van der Waals surface area contributed by atoms with Crippen molar-refractivity contribution in [3.05, 3.63) is 84.7 Å². The summed E-state index contributed by atoms with van der Waals surface area (Å²) in [4.78, 5) is 23.7. The third kappa shape index (κ3) is 6.07. The molecule has 6 nitrogen and oxygen atoms in total. The minimum atomic E-state index is -0.563. The molecular formula is C22H19FN2O4. The first kappa shape index (κ1) is 19.9. The van der Waals surface area contributed by atoms with E-state index in [4.69, 9.17) is 9.47 Å². The van der Waals surface area contributed by atoms with E-state index in [-0.39, 0.29) is 13.2 Å². The van der Waals surface area contributed by atoms with E-state index < -0.39 is 17.6 Å². The third-order valence-corrected chi connectivity index (χ3v) is 3.86. The van der Waals surface area contributed by atoms with Crippen LogP contribution >= 0.6 is 0 Å².